The van der Waals surface area contributed by atoms with Crippen molar-refractivity contribution < 1.29 is 4.74 Å². The highest BCUT2D eigenvalue weighted by atomic mass is 79.9. The van der Waals surface area contributed by atoms with Gasteiger partial charge in [0.1, 0.15) is 11.5 Å². The molecule has 0 spiro atoms. The fourth-order valence-electron chi connectivity index (χ4n) is 1.56. The number of ether oxygens (including phenoxy) is 1. The van der Waals surface area contributed by atoms with Crippen LogP contribution in [0.2, 0.25) is 5.02 Å². The lowest BCUT2D eigenvalue weighted by Gasteiger charge is -2.10. The van der Waals surface area contributed by atoms with Gasteiger partial charge in [-0.1, -0.05) is 23.7 Å². The minimum atomic E-state index is 0.466. The zero-order chi connectivity index (χ0) is 13.1. The van der Waals surface area contributed by atoms with E-state index < -0.39 is 0 Å². The molecule has 0 aliphatic carbocycles. The fourth-order valence-corrected chi connectivity index (χ4v) is 2.38. The normalized spacial score (nSPS) is 10.4. The maximum Gasteiger partial charge on any atom is 0.146 e. The van der Waals surface area contributed by atoms with Crippen molar-refractivity contribution in [2.45, 2.75) is 13.5 Å². The predicted molar refractivity (Wildman–Crippen MR) is 78.3 cm³/mol. The Morgan fingerprint density at radius 1 is 1.17 bits per heavy atom. The quantitative estimate of drug-likeness (QED) is 0.890. The van der Waals surface area contributed by atoms with Crippen molar-refractivity contribution in [2.75, 3.05) is 0 Å². The molecule has 0 atom stereocenters. The van der Waals surface area contributed by atoms with Crippen LogP contribution in [0.5, 0.6) is 11.5 Å². The van der Waals surface area contributed by atoms with Crippen LogP contribution in [0.25, 0.3) is 0 Å². The first kappa shape index (κ1) is 13.4. The molecule has 0 aromatic heterocycles. The van der Waals surface area contributed by atoms with Crippen LogP contribution in [0.4, 0.5) is 0 Å². The van der Waals surface area contributed by atoms with Gasteiger partial charge in [0.15, 0.2) is 0 Å². The monoisotopic (exact) mass is 325 g/mol. The van der Waals surface area contributed by atoms with Crippen molar-refractivity contribution in [3.05, 3.63) is 57.0 Å². The highest BCUT2D eigenvalue weighted by Gasteiger charge is 2.07. The van der Waals surface area contributed by atoms with Crippen LogP contribution in [0.3, 0.4) is 0 Å². The molecule has 2 N–H and O–H groups in total. The van der Waals surface area contributed by atoms with Crippen LogP contribution >= 0.6 is 27.5 Å². The van der Waals surface area contributed by atoms with Crippen LogP contribution in [-0.4, -0.2) is 0 Å². The molecule has 2 nitrogen and oxygen atoms in total. The maximum absolute atomic E-state index is 6.15. The second kappa shape index (κ2) is 5.74. The molecule has 4 heteroatoms. The number of halogens is 2. The molecule has 2 rings (SSSR count). The van der Waals surface area contributed by atoms with Gasteiger partial charge < -0.3 is 10.5 Å². The summed E-state index contributed by atoms with van der Waals surface area (Å²) < 4.78 is 6.68. The summed E-state index contributed by atoms with van der Waals surface area (Å²) in [6, 6.07) is 11.4. The van der Waals surface area contributed by atoms with Gasteiger partial charge in [-0.25, -0.2) is 0 Å². The van der Waals surface area contributed by atoms with Gasteiger partial charge >= 0.3 is 0 Å². The summed E-state index contributed by atoms with van der Waals surface area (Å²) >= 11 is 9.62. The summed E-state index contributed by atoms with van der Waals surface area (Å²) in [7, 11) is 0. The summed E-state index contributed by atoms with van der Waals surface area (Å²) in [5.41, 5.74) is 7.70. The summed E-state index contributed by atoms with van der Waals surface area (Å²) in [4.78, 5) is 0. The Morgan fingerprint density at radius 3 is 2.50 bits per heavy atom. The summed E-state index contributed by atoms with van der Waals surface area (Å²) in [5, 5.41) is 0.561. The molecule has 0 radical (unpaired) electrons. The van der Waals surface area contributed by atoms with Crippen LogP contribution in [0.1, 0.15) is 11.1 Å². The van der Waals surface area contributed by atoms with E-state index in [1.165, 1.54) is 5.56 Å². The molecule has 2 aromatic rings. The van der Waals surface area contributed by atoms with Gasteiger partial charge in [-0.3, -0.25) is 0 Å². The molecule has 0 saturated carbocycles. The molecule has 94 valence electrons. The van der Waals surface area contributed by atoms with Crippen LogP contribution < -0.4 is 10.5 Å². The van der Waals surface area contributed by atoms with Crippen molar-refractivity contribution in [3.63, 3.8) is 0 Å². The van der Waals surface area contributed by atoms with E-state index >= 15 is 0 Å². The first-order valence-electron chi connectivity index (χ1n) is 5.52. The van der Waals surface area contributed by atoms with E-state index in [2.05, 4.69) is 15.9 Å². The topological polar surface area (TPSA) is 35.2 Å². The summed E-state index contributed by atoms with van der Waals surface area (Å²) in [6.45, 7) is 2.49. The first-order chi connectivity index (χ1) is 8.60. The minimum absolute atomic E-state index is 0.466. The van der Waals surface area contributed by atoms with Crippen molar-refractivity contribution in [3.8, 4) is 11.5 Å². The number of benzene rings is 2. The molecule has 0 unspecified atom stereocenters. The Labute approximate surface area is 120 Å². The van der Waals surface area contributed by atoms with Crippen molar-refractivity contribution in [1.82, 2.24) is 0 Å². The molecular formula is C14H13BrClNO. The zero-order valence-corrected chi connectivity index (χ0v) is 12.3. The Kier molecular flexibility index (Phi) is 4.27. The summed E-state index contributed by atoms with van der Waals surface area (Å²) in [5.74, 6) is 1.36. The lowest BCUT2D eigenvalue weighted by Crippen LogP contribution is -1.96. The van der Waals surface area contributed by atoms with E-state index in [-0.39, 0.29) is 0 Å². The average Bonchev–Trinajstić information content (AvgIpc) is 2.34. The maximum atomic E-state index is 6.15. The molecule has 0 bridgehead atoms. The average molecular weight is 327 g/mol. The largest absolute Gasteiger partial charge is 0.455 e. The van der Waals surface area contributed by atoms with Gasteiger partial charge in [-0.05, 0) is 58.2 Å². The van der Waals surface area contributed by atoms with Crippen LogP contribution in [0, 0.1) is 6.92 Å². The third kappa shape index (κ3) is 3.05. The molecule has 0 saturated heterocycles. The van der Waals surface area contributed by atoms with E-state index in [0.717, 1.165) is 15.8 Å². The molecule has 0 fully saturated rings. The predicted octanol–water partition coefficient (Wildman–Crippen LogP) is 4.66. The van der Waals surface area contributed by atoms with Gasteiger partial charge in [-0.2, -0.15) is 0 Å². The second-order valence-corrected chi connectivity index (χ2v) is 5.27. The second-order valence-electron chi connectivity index (χ2n) is 4.00. The Bertz CT molecular complexity index is 572. The molecule has 0 aliphatic heterocycles. The van der Waals surface area contributed by atoms with Crippen LogP contribution in [-0.2, 0) is 6.54 Å². The SMILES string of the molecule is Cc1ccc(Oc2ccc(CN)cc2Cl)c(Br)c1. The smallest absolute Gasteiger partial charge is 0.146 e. The van der Waals surface area contributed by atoms with E-state index in [1.54, 1.807) is 0 Å². The number of hydrogen-bond donors (Lipinski definition) is 1. The fraction of sp³-hybridized carbons (Fsp3) is 0.143. The lowest BCUT2D eigenvalue weighted by atomic mass is 10.2. The number of nitrogens with two attached hydrogens (primary N) is 1. The van der Waals surface area contributed by atoms with Gasteiger partial charge in [0.25, 0.3) is 0 Å². The Balaban J connectivity index is 2.28. The van der Waals surface area contributed by atoms with Gasteiger partial charge in [0.05, 0.1) is 9.50 Å². The number of hydrogen-bond acceptors (Lipinski definition) is 2. The molecule has 0 amide bonds. The lowest BCUT2D eigenvalue weighted by molar-refractivity contribution is 0.479. The number of aryl methyl sites for hydroxylation is 1. The molecule has 0 heterocycles. The van der Waals surface area contributed by atoms with Crippen molar-refractivity contribution >= 4 is 27.5 Å². The highest BCUT2D eigenvalue weighted by molar-refractivity contribution is 9.10. The minimum Gasteiger partial charge on any atom is -0.455 e. The highest BCUT2D eigenvalue weighted by Crippen LogP contribution is 2.34. The van der Waals surface area contributed by atoms with E-state index in [4.69, 9.17) is 22.1 Å². The third-order valence-corrected chi connectivity index (χ3v) is 3.45. The van der Waals surface area contributed by atoms with E-state index in [9.17, 15) is 0 Å². The third-order valence-electron chi connectivity index (χ3n) is 2.54. The van der Waals surface area contributed by atoms with Crippen molar-refractivity contribution in [2.24, 2.45) is 5.73 Å². The standard InChI is InChI=1S/C14H13BrClNO/c1-9-2-4-13(11(15)6-9)18-14-5-3-10(8-17)7-12(14)16/h2-7H,8,17H2,1H3. The van der Waals surface area contributed by atoms with Gasteiger partial charge in [0.2, 0.25) is 0 Å². The Morgan fingerprint density at radius 2 is 1.89 bits per heavy atom. The van der Waals surface area contributed by atoms with Crippen molar-refractivity contribution in [1.29, 1.82) is 0 Å². The number of rotatable bonds is 3. The van der Waals surface area contributed by atoms with Gasteiger partial charge in [0, 0.05) is 6.54 Å². The summed E-state index contributed by atoms with van der Waals surface area (Å²) in [6.07, 6.45) is 0. The molecular weight excluding hydrogens is 314 g/mol. The molecule has 0 aliphatic rings. The first-order valence-corrected chi connectivity index (χ1v) is 6.70. The van der Waals surface area contributed by atoms with E-state index in [1.807, 2.05) is 43.3 Å². The van der Waals surface area contributed by atoms with Crippen LogP contribution in [0.15, 0.2) is 40.9 Å². The van der Waals surface area contributed by atoms with Gasteiger partial charge in [-0.15, -0.1) is 0 Å². The molecule has 18 heavy (non-hydrogen) atoms. The van der Waals surface area contributed by atoms with E-state index in [0.29, 0.717) is 17.3 Å². The zero-order valence-electron chi connectivity index (χ0n) is 9.91. The molecule has 2 aromatic carbocycles. The Hall–Kier alpha value is -1.03.